The van der Waals surface area contributed by atoms with Crippen LogP contribution in [0.1, 0.15) is 69.1 Å². The first-order chi connectivity index (χ1) is 23.5. The molecule has 4 unspecified atom stereocenters. The third kappa shape index (κ3) is 6.83. The van der Waals surface area contributed by atoms with E-state index in [1.807, 2.05) is 12.1 Å². The Bertz CT molecular complexity index is 1510. The van der Waals surface area contributed by atoms with Crippen molar-refractivity contribution in [2.24, 2.45) is 10.8 Å². The molecular formula is C39H46F2N2O6-2. The second kappa shape index (κ2) is 15.4. The lowest BCUT2D eigenvalue weighted by Crippen LogP contribution is -2.73. The Morgan fingerprint density at radius 1 is 0.837 bits per heavy atom. The number of carbonyl (C=O) groups is 2. The summed E-state index contributed by atoms with van der Waals surface area (Å²) in [7, 11) is 0. The van der Waals surface area contributed by atoms with Gasteiger partial charge in [-0.1, -0.05) is 85.8 Å². The Balaban J connectivity index is 1.33. The summed E-state index contributed by atoms with van der Waals surface area (Å²) in [5.41, 5.74) is -1.09. The second-order valence-electron chi connectivity index (χ2n) is 13.5. The minimum atomic E-state index is -3.20. The van der Waals surface area contributed by atoms with Gasteiger partial charge in [-0.25, -0.2) is 0 Å². The van der Waals surface area contributed by atoms with Crippen LogP contribution in [0.25, 0.3) is 0 Å². The maximum atomic E-state index is 13.5. The van der Waals surface area contributed by atoms with Gasteiger partial charge in [0.2, 0.25) is 0 Å². The molecular weight excluding hydrogens is 630 g/mol. The molecule has 0 aliphatic carbocycles. The number of benzene rings is 3. The molecule has 3 aromatic carbocycles. The number of alkyl halides is 2. The lowest BCUT2D eigenvalue weighted by atomic mass is 9.50. The van der Waals surface area contributed by atoms with Gasteiger partial charge in [0.1, 0.15) is 5.75 Å². The first-order valence-corrected chi connectivity index (χ1v) is 17.2. The molecule has 1 N–H and O–H groups in total. The summed E-state index contributed by atoms with van der Waals surface area (Å²) in [6, 6.07) is 25.4. The van der Waals surface area contributed by atoms with Gasteiger partial charge in [0, 0.05) is 59.3 Å². The van der Waals surface area contributed by atoms with Gasteiger partial charge in [0.25, 0.3) is 0 Å². The summed E-state index contributed by atoms with van der Waals surface area (Å²) in [6.45, 7) is 4.40. The van der Waals surface area contributed by atoms with Crippen molar-refractivity contribution in [2.45, 2.75) is 76.5 Å². The summed E-state index contributed by atoms with van der Waals surface area (Å²) in [5.74, 6) is -4.57. The van der Waals surface area contributed by atoms with E-state index in [1.54, 1.807) is 26.8 Å². The molecule has 2 fully saturated rings. The predicted molar refractivity (Wildman–Crippen MR) is 178 cm³/mol. The molecule has 5 atom stereocenters. The van der Waals surface area contributed by atoms with Crippen LogP contribution in [-0.2, 0) is 19.7 Å². The number of nitrogens with one attached hydrogen (secondary N) is 1. The molecule has 0 amide bonds. The Hall–Kier alpha value is -3.86. The van der Waals surface area contributed by atoms with Crippen molar-refractivity contribution in [3.63, 3.8) is 0 Å². The van der Waals surface area contributed by atoms with E-state index in [-0.39, 0.29) is 36.2 Å². The molecule has 0 saturated carbocycles. The quantitative estimate of drug-likeness (QED) is 0.254. The largest absolute Gasteiger partial charge is 0.549 e. The molecule has 0 bridgehead atoms. The maximum absolute atomic E-state index is 13.5. The number of carboxylic acid groups (broad SMARTS) is 2. The fourth-order valence-electron chi connectivity index (χ4n) is 8.77. The third-order valence-electron chi connectivity index (χ3n) is 11.4. The van der Waals surface area contributed by atoms with Gasteiger partial charge >= 0.3 is 6.61 Å². The number of carboxylic acids is 2. The monoisotopic (exact) mass is 676 g/mol. The molecule has 0 radical (unpaired) electrons. The van der Waals surface area contributed by atoms with Crippen molar-refractivity contribution in [1.29, 1.82) is 0 Å². The van der Waals surface area contributed by atoms with Gasteiger partial charge in [-0.2, -0.15) is 8.78 Å². The van der Waals surface area contributed by atoms with Gasteiger partial charge in [0.15, 0.2) is 0 Å². The highest BCUT2D eigenvalue weighted by Crippen LogP contribution is 2.59. The second-order valence-corrected chi connectivity index (χ2v) is 13.5. The van der Waals surface area contributed by atoms with Crippen LogP contribution in [0.3, 0.4) is 0 Å². The van der Waals surface area contributed by atoms with Gasteiger partial charge in [-0.15, -0.1) is 0 Å². The summed E-state index contributed by atoms with van der Waals surface area (Å²) >= 11 is 0. The minimum absolute atomic E-state index is 0.0125. The molecule has 0 spiro atoms. The third-order valence-corrected chi connectivity index (χ3v) is 11.4. The minimum Gasteiger partial charge on any atom is -0.549 e. The highest BCUT2D eigenvalue weighted by Gasteiger charge is 2.61. The van der Waals surface area contributed by atoms with E-state index in [0.29, 0.717) is 13.2 Å². The van der Waals surface area contributed by atoms with Crippen LogP contribution in [0.4, 0.5) is 8.78 Å². The van der Waals surface area contributed by atoms with Crippen molar-refractivity contribution in [1.82, 2.24) is 10.2 Å². The number of para-hydroxylation sites is 1. The van der Waals surface area contributed by atoms with Crippen LogP contribution < -0.4 is 20.3 Å². The van der Waals surface area contributed by atoms with Crippen molar-refractivity contribution in [3.8, 4) is 5.75 Å². The van der Waals surface area contributed by atoms with Gasteiger partial charge in [-0.3, -0.25) is 0 Å². The van der Waals surface area contributed by atoms with Gasteiger partial charge in [0.05, 0.1) is 6.61 Å². The molecule has 10 heteroatoms. The van der Waals surface area contributed by atoms with Crippen molar-refractivity contribution >= 4 is 11.9 Å². The number of hydrogen-bond acceptors (Lipinski definition) is 8. The SMILES string of the molecule is CCC1(C(=O)[O-])C(c2ccccc2OC(F)F)C(CCOCCN2CCC(c3ccccc3)(c3ccccc3)CC2)(C(=O)[O-])C(C)N[C@@H]1C. The number of likely N-dealkylation sites (tertiary alicyclic amines) is 1. The molecule has 2 heterocycles. The number of ether oxygens (including phenoxy) is 2. The van der Waals surface area contributed by atoms with E-state index in [2.05, 4.69) is 58.7 Å². The zero-order chi connectivity index (χ0) is 35.2. The summed E-state index contributed by atoms with van der Waals surface area (Å²) in [4.78, 5) is 28.7. The van der Waals surface area contributed by atoms with Gasteiger partial charge in [-0.05, 0) is 75.4 Å². The van der Waals surface area contributed by atoms with E-state index < -0.39 is 47.4 Å². The molecule has 2 aliphatic heterocycles. The number of halogens is 2. The van der Waals surface area contributed by atoms with Crippen LogP contribution in [0.15, 0.2) is 84.9 Å². The van der Waals surface area contributed by atoms with Crippen molar-refractivity contribution in [3.05, 3.63) is 102 Å². The Labute approximate surface area is 287 Å². The van der Waals surface area contributed by atoms with Crippen LogP contribution in [-0.4, -0.2) is 68.4 Å². The first kappa shape index (κ1) is 36.4. The number of aliphatic carboxylic acids is 2. The molecule has 0 aromatic heterocycles. The zero-order valence-electron chi connectivity index (χ0n) is 28.4. The lowest BCUT2D eigenvalue weighted by molar-refractivity contribution is -0.337. The smallest absolute Gasteiger partial charge is 0.387 e. The predicted octanol–water partition coefficient (Wildman–Crippen LogP) is 4.12. The van der Waals surface area contributed by atoms with Gasteiger partial charge < -0.3 is 39.5 Å². The zero-order valence-corrected chi connectivity index (χ0v) is 28.4. The maximum Gasteiger partial charge on any atom is 0.387 e. The Kier molecular flexibility index (Phi) is 11.4. The molecule has 8 nitrogen and oxygen atoms in total. The number of carbonyl (C=O) groups excluding carboxylic acids is 2. The highest BCUT2D eigenvalue weighted by molar-refractivity contribution is 5.82. The normalized spacial score (nSPS) is 27.1. The lowest BCUT2D eigenvalue weighted by Gasteiger charge is -2.62. The summed E-state index contributed by atoms with van der Waals surface area (Å²) < 4.78 is 38.0. The van der Waals surface area contributed by atoms with Crippen LogP contribution in [0.2, 0.25) is 0 Å². The Morgan fingerprint density at radius 2 is 1.37 bits per heavy atom. The molecule has 49 heavy (non-hydrogen) atoms. The summed E-state index contributed by atoms with van der Waals surface area (Å²) in [6.07, 6.45) is 1.72. The average molecular weight is 677 g/mol. The van der Waals surface area contributed by atoms with E-state index in [1.165, 1.54) is 29.3 Å². The number of nitrogens with zero attached hydrogens (tertiary/aromatic N) is 1. The standard InChI is InChI=1S/C39H48F2N2O6/c1-4-38(34(44)45)27(2)42-28(3)39(35(46)47,33(38)31-17-11-12-18-32(31)49-36(40)41)21-25-48-26-24-43-22-19-37(20-23-43,29-13-7-5-8-14-29)30-15-9-6-10-16-30/h5-18,27-28,33,36,42H,4,19-26H2,1-3H3,(H,44,45)(H,46,47)/p-2/t27-,28?,33?,38?,39?/m1/s1. The van der Waals surface area contributed by atoms with E-state index in [0.717, 1.165) is 25.9 Å². The molecule has 264 valence electrons. The molecule has 2 aliphatic rings. The first-order valence-electron chi connectivity index (χ1n) is 17.2. The Morgan fingerprint density at radius 3 is 1.90 bits per heavy atom. The average Bonchev–Trinajstić information content (AvgIpc) is 3.10. The van der Waals surface area contributed by atoms with Crippen LogP contribution in [0, 0.1) is 10.8 Å². The number of piperidine rings is 2. The molecule has 3 aromatic rings. The van der Waals surface area contributed by atoms with Crippen LogP contribution >= 0.6 is 0 Å². The molecule has 5 rings (SSSR count). The van der Waals surface area contributed by atoms with Crippen molar-refractivity contribution in [2.75, 3.05) is 32.8 Å². The highest BCUT2D eigenvalue weighted by atomic mass is 19.3. The van der Waals surface area contributed by atoms with E-state index >= 15 is 0 Å². The molecule has 2 saturated heterocycles. The van der Waals surface area contributed by atoms with E-state index in [9.17, 15) is 28.6 Å². The number of hydrogen-bond donors (Lipinski definition) is 1. The van der Waals surface area contributed by atoms with Crippen molar-refractivity contribution < 1.29 is 38.1 Å². The number of rotatable bonds is 14. The fraction of sp³-hybridized carbons (Fsp3) is 0.487. The topological polar surface area (TPSA) is 114 Å². The van der Waals surface area contributed by atoms with E-state index in [4.69, 9.17) is 9.47 Å². The fourth-order valence-corrected chi connectivity index (χ4v) is 8.77. The summed E-state index contributed by atoms with van der Waals surface area (Å²) in [5, 5.41) is 29.5. The van der Waals surface area contributed by atoms with Crippen LogP contribution in [0.5, 0.6) is 5.75 Å².